The van der Waals surface area contributed by atoms with Gasteiger partial charge in [-0.1, -0.05) is 60.1 Å². The SMILES string of the molecule is [2H]C1(c2ccc(C#CC)c(C#Cc3ccccc3C#[N+]C)c2)CCCCC1. The number of rotatable bonds is 1. The van der Waals surface area contributed by atoms with E-state index in [0.717, 1.165) is 53.5 Å². The molecule has 0 spiro atoms. The quantitative estimate of drug-likeness (QED) is 0.577. The fourth-order valence-corrected chi connectivity index (χ4v) is 3.32. The first-order valence-corrected chi connectivity index (χ1v) is 9.19. The van der Waals surface area contributed by atoms with E-state index < -0.39 is 5.89 Å². The minimum Gasteiger partial charge on any atom is -0.101 e. The summed E-state index contributed by atoms with van der Waals surface area (Å²) in [5.41, 5.74) is 4.64. The maximum Gasteiger partial charge on any atom is 0.311 e. The molecule has 0 unspecified atom stereocenters. The zero-order valence-corrected chi connectivity index (χ0v) is 15.5. The third-order valence-corrected chi connectivity index (χ3v) is 4.64. The van der Waals surface area contributed by atoms with Gasteiger partial charge in [0.2, 0.25) is 0 Å². The van der Waals surface area contributed by atoms with Crippen molar-refractivity contribution in [1.82, 2.24) is 0 Å². The molecule has 1 aliphatic rings. The van der Waals surface area contributed by atoms with Gasteiger partial charge in [0.1, 0.15) is 5.56 Å². The average molecular weight is 339 g/mol. The molecule has 0 aliphatic heterocycles. The monoisotopic (exact) mass is 339 g/mol. The highest BCUT2D eigenvalue weighted by Crippen LogP contribution is 2.33. The molecule has 1 saturated carbocycles. The molecular formula is C25H24N+. The van der Waals surface area contributed by atoms with Crippen molar-refractivity contribution in [2.45, 2.75) is 44.9 Å². The summed E-state index contributed by atoms with van der Waals surface area (Å²) in [7, 11) is 1.71. The van der Waals surface area contributed by atoms with Crippen molar-refractivity contribution < 1.29 is 1.37 Å². The molecule has 0 heterocycles. The van der Waals surface area contributed by atoms with E-state index in [-0.39, 0.29) is 0 Å². The smallest absolute Gasteiger partial charge is 0.101 e. The van der Waals surface area contributed by atoms with Crippen LogP contribution in [0.15, 0.2) is 42.5 Å². The fraction of sp³-hybridized carbons (Fsp3) is 0.320. The Morgan fingerprint density at radius 2 is 1.58 bits per heavy atom. The molecule has 2 aromatic rings. The van der Waals surface area contributed by atoms with Gasteiger partial charge >= 0.3 is 6.07 Å². The molecule has 3 rings (SSSR count). The van der Waals surface area contributed by atoms with Gasteiger partial charge in [-0.25, -0.2) is 0 Å². The lowest BCUT2D eigenvalue weighted by molar-refractivity contribution is 0.443. The highest BCUT2D eigenvalue weighted by molar-refractivity contribution is 5.56. The van der Waals surface area contributed by atoms with Gasteiger partial charge < -0.3 is 0 Å². The molecule has 2 aromatic carbocycles. The van der Waals surface area contributed by atoms with Gasteiger partial charge in [-0.05, 0) is 55.5 Å². The Balaban J connectivity index is 2.05. The van der Waals surface area contributed by atoms with Crippen molar-refractivity contribution >= 4 is 0 Å². The van der Waals surface area contributed by atoms with Crippen LogP contribution in [-0.4, -0.2) is 7.05 Å². The minimum absolute atomic E-state index is 0.493. The van der Waals surface area contributed by atoms with E-state index in [9.17, 15) is 0 Å². The second-order valence-electron chi connectivity index (χ2n) is 6.43. The van der Waals surface area contributed by atoms with Crippen LogP contribution in [0, 0.1) is 29.8 Å². The summed E-state index contributed by atoms with van der Waals surface area (Å²) >= 11 is 0. The lowest BCUT2D eigenvalue weighted by Crippen LogP contribution is -2.05. The van der Waals surface area contributed by atoms with Gasteiger partial charge in [-0.2, -0.15) is 0 Å². The second kappa shape index (κ2) is 8.94. The normalized spacial score (nSPS) is 15.2. The Bertz CT molecular complexity index is 1010. The van der Waals surface area contributed by atoms with Gasteiger partial charge in [0, 0.05) is 18.1 Å². The van der Waals surface area contributed by atoms with Crippen LogP contribution in [0.5, 0.6) is 0 Å². The van der Waals surface area contributed by atoms with Crippen LogP contribution in [0.4, 0.5) is 0 Å². The molecule has 0 atom stereocenters. The van der Waals surface area contributed by atoms with Crippen LogP contribution in [-0.2, 0) is 0 Å². The molecule has 0 aromatic heterocycles. The summed E-state index contributed by atoms with van der Waals surface area (Å²) in [6.07, 6.45) is 5.33. The Morgan fingerprint density at radius 3 is 2.31 bits per heavy atom. The molecule has 0 N–H and O–H groups in total. The van der Waals surface area contributed by atoms with E-state index >= 15 is 0 Å². The van der Waals surface area contributed by atoms with Crippen molar-refractivity contribution in [3.8, 4) is 29.8 Å². The van der Waals surface area contributed by atoms with Crippen LogP contribution in [0.1, 0.15) is 74.1 Å². The third kappa shape index (κ3) is 4.36. The van der Waals surface area contributed by atoms with E-state index in [1.54, 1.807) is 7.05 Å². The lowest BCUT2D eigenvalue weighted by atomic mass is 9.83. The Kier molecular flexibility index (Phi) is 5.68. The molecule has 0 saturated heterocycles. The minimum atomic E-state index is -0.493. The van der Waals surface area contributed by atoms with Crippen LogP contribution in [0.25, 0.3) is 4.85 Å². The maximum atomic E-state index is 8.91. The first-order chi connectivity index (χ1) is 13.2. The zero-order valence-electron chi connectivity index (χ0n) is 16.5. The van der Waals surface area contributed by atoms with E-state index in [0.29, 0.717) is 0 Å². The molecule has 1 nitrogen and oxygen atoms in total. The Labute approximate surface area is 158 Å². The van der Waals surface area contributed by atoms with E-state index in [1.165, 1.54) is 6.42 Å². The summed E-state index contributed by atoms with van der Waals surface area (Å²) in [4.78, 5) is 3.99. The van der Waals surface area contributed by atoms with Crippen LogP contribution in [0.2, 0.25) is 0 Å². The van der Waals surface area contributed by atoms with Gasteiger partial charge in [0.25, 0.3) is 7.05 Å². The van der Waals surface area contributed by atoms with Crippen LogP contribution >= 0.6 is 0 Å². The summed E-state index contributed by atoms with van der Waals surface area (Å²) in [6, 6.07) is 17.0. The van der Waals surface area contributed by atoms with Gasteiger partial charge in [0.15, 0.2) is 0 Å². The molecule has 1 aliphatic carbocycles. The van der Waals surface area contributed by atoms with Crippen molar-refractivity contribution in [2.75, 3.05) is 7.05 Å². The predicted molar refractivity (Wildman–Crippen MR) is 110 cm³/mol. The standard InChI is InChI=1S/C25H24N/c1-3-9-20-14-16-24(21-10-5-4-6-11-21)18-23(20)17-15-22-12-7-8-13-25(22)19-26-2/h7-8,12-14,16,18,21H,4-6,10-11H2,1-2H3/q+1/i21D. The molecule has 128 valence electrons. The number of hydrogen-bond donors (Lipinski definition) is 0. The molecule has 0 radical (unpaired) electrons. The summed E-state index contributed by atoms with van der Waals surface area (Å²) in [6.45, 7) is 1.83. The first kappa shape index (κ1) is 16.5. The summed E-state index contributed by atoms with van der Waals surface area (Å²) < 4.78 is 8.91. The summed E-state index contributed by atoms with van der Waals surface area (Å²) in [5, 5.41) is 0. The predicted octanol–water partition coefficient (Wildman–Crippen LogP) is 5.82. The average Bonchev–Trinajstić information content (AvgIpc) is 2.69. The number of hydrogen-bond acceptors (Lipinski definition) is 0. The molecule has 26 heavy (non-hydrogen) atoms. The van der Waals surface area contributed by atoms with Crippen LogP contribution in [0.3, 0.4) is 0 Å². The topological polar surface area (TPSA) is 4.36 Å². The molecule has 1 heteroatoms. The largest absolute Gasteiger partial charge is 0.311 e. The van der Waals surface area contributed by atoms with Crippen molar-refractivity contribution in [1.29, 1.82) is 0 Å². The van der Waals surface area contributed by atoms with E-state index in [1.807, 2.05) is 37.3 Å². The maximum absolute atomic E-state index is 8.91. The highest BCUT2D eigenvalue weighted by Gasteiger charge is 2.16. The van der Waals surface area contributed by atoms with Crippen molar-refractivity contribution in [3.63, 3.8) is 0 Å². The van der Waals surface area contributed by atoms with Gasteiger partial charge in [-0.3, -0.25) is 0 Å². The van der Waals surface area contributed by atoms with E-state index in [4.69, 9.17) is 1.37 Å². The van der Waals surface area contributed by atoms with Crippen molar-refractivity contribution in [3.05, 3.63) is 75.1 Å². The third-order valence-electron chi connectivity index (χ3n) is 4.64. The lowest BCUT2D eigenvalue weighted by Gasteiger charge is -2.22. The van der Waals surface area contributed by atoms with Gasteiger partial charge in [-0.15, -0.1) is 5.92 Å². The Hall–Kier alpha value is -2.95. The number of benzene rings is 2. The fourth-order valence-electron chi connectivity index (χ4n) is 3.32. The molecule has 0 amide bonds. The van der Waals surface area contributed by atoms with Crippen LogP contribution < -0.4 is 0 Å². The van der Waals surface area contributed by atoms with Gasteiger partial charge in [0.05, 0.1) is 0 Å². The Morgan fingerprint density at radius 1 is 0.885 bits per heavy atom. The number of nitrogens with zero attached hydrogens (tertiary/aromatic N) is 1. The first-order valence-electron chi connectivity index (χ1n) is 9.69. The summed E-state index contributed by atoms with van der Waals surface area (Å²) in [5.74, 6) is 12.2. The molecular weight excluding hydrogens is 314 g/mol. The second-order valence-corrected chi connectivity index (χ2v) is 6.43. The highest BCUT2D eigenvalue weighted by atomic mass is 14.6. The zero-order chi connectivity index (χ0) is 19.1. The van der Waals surface area contributed by atoms with E-state index in [2.05, 4.69) is 46.7 Å². The molecule has 1 fully saturated rings. The van der Waals surface area contributed by atoms with Crippen molar-refractivity contribution in [2.24, 2.45) is 0 Å². The molecule has 0 bridgehead atoms.